The summed E-state index contributed by atoms with van der Waals surface area (Å²) in [7, 11) is -8.20. The van der Waals surface area contributed by atoms with Crippen molar-refractivity contribution in [2.45, 2.75) is 37.5 Å². The second-order valence-corrected chi connectivity index (χ2v) is 13.6. The van der Waals surface area contributed by atoms with Crippen molar-refractivity contribution in [3.05, 3.63) is 95.9 Å². The summed E-state index contributed by atoms with van der Waals surface area (Å²) in [6, 6.07) is 15.1. The summed E-state index contributed by atoms with van der Waals surface area (Å²) in [6.45, 7) is 0.581. The number of hydrogen-bond acceptors (Lipinski definition) is 9. The highest BCUT2D eigenvalue weighted by atomic mass is 32.2. The average Bonchev–Trinajstić information content (AvgIpc) is 3.67. The summed E-state index contributed by atoms with van der Waals surface area (Å²) >= 11 is 0. The van der Waals surface area contributed by atoms with Gasteiger partial charge in [-0.25, -0.2) is 0 Å². The fourth-order valence-corrected chi connectivity index (χ4v) is 6.59. The molecule has 4 aliphatic rings. The SMILES string of the molecule is O=S(=O)(O)CCCN1C(=CC=CC=CC2=[N+](CCCS(=O)(=O)O)C3Oc4ccccc4C3O2)OC2c3ccccc3OC21. The minimum Gasteiger partial charge on any atom is -0.466 e. The van der Waals surface area contributed by atoms with Crippen LogP contribution in [-0.4, -0.2) is 78.4 Å². The second kappa shape index (κ2) is 11.7. The van der Waals surface area contributed by atoms with E-state index in [0.717, 1.165) is 11.1 Å². The lowest BCUT2D eigenvalue weighted by atomic mass is 10.1. The topological polar surface area (TPSA) is 152 Å². The van der Waals surface area contributed by atoms with Crippen LogP contribution >= 0.6 is 0 Å². The van der Waals surface area contributed by atoms with Gasteiger partial charge < -0.3 is 23.8 Å². The molecule has 43 heavy (non-hydrogen) atoms. The average molecular weight is 632 g/mol. The Kier molecular flexibility index (Phi) is 7.94. The van der Waals surface area contributed by atoms with Crippen LogP contribution in [0.4, 0.5) is 0 Å². The molecule has 228 valence electrons. The molecule has 0 aliphatic carbocycles. The molecule has 12 nitrogen and oxygen atoms in total. The molecule has 14 heteroatoms. The molecule has 4 heterocycles. The fourth-order valence-electron chi connectivity index (χ4n) is 5.60. The predicted octanol–water partition coefficient (Wildman–Crippen LogP) is 3.19. The summed E-state index contributed by atoms with van der Waals surface area (Å²) in [5.74, 6) is 1.66. The number of fused-ring (bicyclic) bond motifs is 6. The first-order chi connectivity index (χ1) is 20.6. The van der Waals surface area contributed by atoms with E-state index in [9.17, 15) is 25.9 Å². The largest absolute Gasteiger partial charge is 0.466 e. The lowest BCUT2D eigenvalue weighted by molar-refractivity contribution is -0.593. The lowest BCUT2D eigenvalue weighted by Crippen LogP contribution is -2.34. The van der Waals surface area contributed by atoms with Crippen molar-refractivity contribution in [2.75, 3.05) is 24.6 Å². The Morgan fingerprint density at radius 3 is 2.14 bits per heavy atom. The van der Waals surface area contributed by atoms with Gasteiger partial charge in [-0.1, -0.05) is 54.6 Å². The smallest absolute Gasteiger partial charge is 0.366 e. The van der Waals surface area contributed by atoms with Crippen molar-refractivity contribution in [1.29, 1.82) is 0 Å². The highest BCUT2D eigenvalue weighted by Gasteiger charge is 2.51. The number of nitrogens with zero attached hydrogens (tertiary/aromatic N) is 2. The Morgan fingerprint density at radius 1 is 0.767 bits per heavy atom. The molecule has 0 amide bonds. The number of allylic oxidation sites excluding steroid dienone is 4. The van der Waals surface area contributed by atoms with Crippen molar-refractivity contribution in [1.82, 2.24) is 4.90 Å². The third-order valence-electron chi connectivity index (χ3n) is 7.44. The van der Waals surface area contributed by atoms with Crippen molar-refractivity contribution in [3.63, 3.8) is 0 Å². The van der Waals surface area contributed by atoms with Crippen LogP contribution in [0.3, 0.4) is 0 Å². The molecule has 0 radical (unpaired) electrons. The van der Waals surface area contributed by atoms with E-state index in [-0.39, 0.29) is 36.6 Å². The van der Waals surface area contributed by atoms with E-state index < -0.39 is 32.7 Å². The minimum absolute atomic E-state index is 0.183. The number of ether oxygens (including phenoxy) is 4. The van der Waals surface area contributed by atoms with Gasteiger partial charge in [-0.05, 0) is 24.6 Å². The summed E-state index contributed by atoms with van der Waals surface area (Å²) in [4.78, 5) is 1.84. The van der Waals surface area contributed by atoms with Gasteiger partial charge in [0.15, 0.2) is 18.5 Å². The minimum atomic E-state index is -4.10. The van der Waals surface area contributed by atoms with Gasteiger partial charge in [0.25, 0.3) is 20.2 Å². The Hall–Kier alpha value is -3.85. The first-order valence-corrected chi connectivity index (χ1v) is 17.0. The van der Waals surface area contributed by atoms with Crippen LogP contribution in [0, 0.1) is 0 Å². The van der Waals surface area contributed by atoms with E-state index in [4.69, 9.17) is 18.9 Å². The molecule has 0 aromatic heterocycles. The van der Waals surface area contributed by atoms with Crippen molar-refractivity contribution >= 4 is 26.1 Å². The third-order valence-corrected chi connectivity index (χ3v) is 9.05. The molecule has 0 bridgehead atoms. The maximum atomic E-state index is 11.3. The quantitative estimate of drug-likeness (QED) is 0.214. The molecule has 2 N–H and O–H groups in total. The molecule has 4 unspecified atom stereocenters. The van der Waals surface area contributed by atoms with Crippen LogP contribution in [-0.2, 0) is 29.7 Å². The molecular weight excluding hydrogens is 600 g/mol. The van der Waals surface area contributed by atoms with Gasteiger partial charge in [-0.2, -0.15) is 21.4 Å². The Balaban J connectivity index is 1.18. The zero-order chi connectivity index (χ0) is 30.2. The molecule has 0 spiro atoms. The summed E-state index contributed by atoms with van der Waals surface area (Å²) in [6.07, 6.45) is 7.48. The Morgan fingerprint density at radius 2 is 1.42 bits per heavy atom. The third kappa shape index (κ3) is 6.42. The molecule has 1 saturated heterocycles. The molecule has 6 rings (SSSR count). The predicted molar refractivity (Wildman–Crippen MR) is 155 cm³/mol. The van der Waals surface area contributed by atoms with Crippen molar-refractivity contribution in [3.8, 4) is 11.5 Å². The van der Waals surface area contributed by atoms with Gasteiger partial charge >= 0.3 is 12.1 Å². The summed E-state index contributed by atoms with van der Waals surface area (Å²) in [5, 5.41) is 0. The number of rotatable bonds is 11. The number of benzene rings is 2. The van der Waals surface area contributed by atoms with E-state index in [2.05, 4.69) is 0 Å². The molecule has 2 aromatic rings. The van der Waals surface area contributed by atoms with Gasteiger partial charge in [0.2, 0.25) is 12.3 Å². The highest BCUT2D eigenvalue weighted by Crippen LogP contribution is 2.47. The van der Waals surface area contributed by atoms with Crippen LogP contribution in [0.1, 0.15) is 36.2 Å². The summed E-state index contributed by atoms with van der Waals surface area (Å²) in [5.41, 5.74) is 1.80. The van der Waals surface area contributed by atoms with Crippen LogP contribution in [0.25, 0.3) is 0 Å². The first kappa shape index (κ1) is 29.2. The molecule has 2 aromatic carbocycles. The van der Waals surface area contributed by atoms with Gasteiger partial charge in [-0.15, -0.1) is 0 Å². The van der Waals surface area contributed by atoms with E-state index in [1.54, 1.807) is 30.4 Å². The van der Waals surface area contributed by atoms with E-state index in [1.807, 2.05) is 58.0 Å². The van der Waals surface area contributed by atoms with Gasteiger partial charge in [0, 0.05) is 30.2 Å². The van der Waals surface area contributed by atoms with E-state index in [1.165, 1.54) is 0 Å². The molecular formula is C29H31N2O10S2+. The summed E-state index contributed by atoms with van der Waals surface area (Å²) < 4.78 is 89.9. The maximum absolute atomic E-state index is 11.3. The molecule has 4 atom stereocenters. The standard InChI is InChI=1S/C29H30N2O10S2/c32-42(33,34)18-8-16-30-24(40-26-20-10-4-6-12-22(20)38-28(26)30)14-2-1-3-15-25-31(17-9-19-43(35,36)37)29-27(41-25)21-11-5-7-13-23(21)39-29/h1-7,10-15,26-29H,8-9,16-19H2,(H-,32,33,34,35,36,37)/p+1. The van der Waals surface area contributed by atoms with E-state index in [0.29, 0.717) is 36.4 Å². The molecule has 4 aliphatic heterocycles. The van der Waals surface area contributed by atoms with E-state index >= 15 is 0 Å². The molecule has 0 saturated carbocycles. The van der Waals surface area contributed by atoms with Crippen LogP contribution in [0.2, 0.25) is 0 Å². The van der Waals surface area contributed by atoms with Crippen LogP contribution in [0.5, 0.6) is 11.5 Å². The van der Waals surface area contributed by atoms with Gasteiger partial charge in [-0.3, -0.25) is 9.11 Å². The van der Waals surface area contributed by atoms with Gasteiger partial charge in [0.1, 0.15) is 11.5 Å². The zero-order valence-electron chi connectivity index (χ0n) is 22.9. The maximum Gasteiger partial charge on any atom is 0.366 e. The van der Waals surface area contributed by atoms with Gasteiger partial charge in [0.05, 0.1) is 11.5 Å². The Labute approximate surface area is 249 Å². The first-order valence-electron chi connectivity index (χ1n) is 13.8. The zero-order valence-corrected chi connectivity index (χ0v) is 24.6. The van der Waals surface area contributed by atoms with Crippen molar-refractivity contribution < 1.29 is 49.5 Å². The lowest BCUT2D eigenvalue weighted by Gasteiger charge is -2.23. The van der Waals surface area contributed by atoms with Crippen molar-refractivity contribution in [2.24, 2.45) is 0 Å². The van der Waals surface area contributed by atoms with Crippen LogP contribution < -0.4 is 9.47 Å². The Bertz CT molecular complexity index is 1730. The number of para-hydroxylation sites is 2. The highest BCUT2D eigenvalue weighted by molar-refractivity contribution is 7.86. The second-order valence-electron chi connectivity index (χ2n) is 10.4. The number of hydrogen-bond donors (Lipinski definition) is 2. The monoisotopic (exact) mass is 631 g/mol. The van der Waals surface area contributed by atoms with Crippen LogP contribution in [0.15, 0.2) is 84.8 Å². The normalized spacial score (nSPS) is 25.0. The fraction of sp³-hybridized carbons (Fsp3) is 0.345. The molecule has 1 fully saturated rings.